The molecule has 13 nitrogen and oxygen atoms in total. The lowest BCUT2D eigenvalue weighted by atomic mass is 9.69. The van der Waals surface area contributed by atoms with Gasteiger partial charge in [0.1, 0.15) is 29.2 Å². The van der Waals surface area contributed by atoms with Crippen LogP contribution in [0.15, 0.2) is 30.3 Å². The number of nitrogens with zero attached hydrogens (tertiary/aromatic N) is 1. The number of ketones is 3. The molecule has 4 rings (SSSR count). The smallest absolute Gasteiger partial charge is 0.408 e. The number of rotatable bonds is 9. The normalized spacial score (nSPS) is 40.2. The number of hydrogen-bond acceptors (Lipinski definition) is 12. The summed E-state index contributed by atoms with van der Waals surface area (Å²) in [7, 11) is 5.14. The summed E-state index contributed by atoms with van der Waals surface area (Å²) in [5.74, 6) is -4.81. The molecule has 0 saturated carbocycles. The van der Waals surface area contributed by atoms with Gasteiger partial charge in [0.25, 0.3) is 0 Å². The lowest BCUT2D eigenvalue weighted by Crippen LogP contribution is -2.61. The van der Waals surface area contributed by atoms with Crippen molar-refractivity contribution in [2.24, 2.45) is 23.2 Å². The fraction of sp³-hybridized carbons (Fsp3) is 0.725. The van der Waals surface area contributed by atoms with Gasteiger partial charge < -0.3 is 39.0 Å². The number of ether oxygens (including phenoxy) is 5. The van der Waals surface area contributed by atoms with Gasteiger partial charge in [-0.05, 0) is 66.6 Å². The number of methoxy groups -OCH3 is 1. The zero-order chi connectivity index (χ0) is 39.6. The van der Waals surface area contributed by atoms with Crippen LogP contribution in [0, 0.1) is 23.2 Å². The van der Waals surface area contributed by atoms with Crippen molar-refractivity contribution in [3.8, 4) is 0 Å². The molecular weight excluding hydrogens is 684 g/mol. The summed E-state index contributed by atoms with van der Waals surface area (Å²) in [4.78, 5) is 72.4. The Morgan fingerprint density at radius 3 is 2.25 bits per heavy atom. The number of alkyl carbamates (subject to hydrolysis) is 1. The minimum absolute atomic E-state index is 0.0251. The number of fused-ring (bicyclic) bond motifs is 1. The van der Waals surface area contributed by atoms with Gasteiger partial charge >= 0.3 is 12.1 Å². The number of carbonyl (C=O) groups is 5. The summed E-state index contributed by atoms with van der Waals surface area (Å²) in [5, 5.41) is 14.3. The van der Waals surface area contributed by atoms with Gasteiger partial charge in [0.2, 0.25) is 0 Å². The highest BCUT2D eigenvalue weighted by Gasteiger charge is 2.59. The second-order valence-electron chi connectivity index (χ2n) is 16.3. The van der Waals surface area contributed by atoms with Crippen molar-refractivity contribution in [3.05, 3.63) is 35.9 Å². The first-order valence-electron chi connectivity index (χ1n) is 18.8. The summed E-state index contributed by atoms with van der Waals surface area (Å²) in [6.07, 6.45) is -5.38. The van der Waals surface area contributed by atoms with E-state index in [0.29, 0.717) is 6.42 Å². The van der Waals surface area contributed by atoms with Crippen molar-refractivity contribution in [1.82, 2.24) is 10.2 Å². The van der Waals surface area contributed by atoms with Gasteiger partial charge in [0.15, 0.2) is 17.7 Å². The molecule has 3 aliphatic heterocycles. The molecule has 1 aromatic carbocycles. The molecule has 296 valence electrons. The molecular formula is C40H60N2O11. The summed E-state index contributed by atoms with van der Waals surface area (Å²) in [6.45, 7) is 13.4. The zero-order valence-electron chi connectivity index (χ0n) is 33.2. The molecule has 0 bridgehead atoms. The second-order valence-corrected chi connectivity index (χ2v) is 16.3. The summed E-state index contributed by atoms with van der Waals surface area (Å²) in [5.41, 5.74) is -4.15. The van der Waals surface area contributed by atoms with Gasteiger partial charge in [-0.25, -0.2) is 4.79 Å². The lowest BCUT2D eigenvalue weighted by molar-refractivity contribution is -0.295. The summed E-state index contributed by atoms with van der Waals surface area (Å²) in [6, 6.07) is 7.80. The van der Waals surface area contributed by atoms with Crippen LogP contribution in [0.3, 0.4) is 0 Å². The minimum atomic E-state index is -2.03. The van der Waals surface area contributed by atoms with Crippen molar-refractivity contribution in [3.63, 3.8) is 0 Å². The maximum atomic E-state index is 15.1. The van der Waals surface area contributed by atoms with E-state index in [-0.39, 0.29) is 43.0 Å². The molecule has 3 saturated heterocycles. The molecule has 3 fully saturated rings. The van der Waals surface area contributed by atoms with Crippen LogP contribution in [0.1, 0.15) is 86.6 Å². The molecule has 0 spiro atoms. The van der Waals surface area contributed by atoms with Gasteiger partial charge in [-0.15, -0.1) is 0 Å². The zero-order valence-corrected chi connectivity index (χ0v) is 33.2. The largest absolute Gasteiger partial charge is 0.457 e. The standard InChI is InChI=1S/C40H60N2O11/c1-12-29-40(8)32(41-37(48)53-40)24(4)30(44)22(2)20-39(7,49-11)34(52-35-31(45)28(42(9)10)18-23(3)50-35)25(5)33(46)38(6,36(47)51-29)21-27(43)19-26-16-14-13-15-17-26/h13-17,22-25,28-29,31-32,34-35,45H,12,18-21H2,1-11H3,(H,41,48)/t22-,23-,24-,25+,28+,29+,31-,32?,34-,35?,38?,39+,40?/m1/s1. The van der Waals surface area contributed by atoms with Gasteiger partial charge in [-0.2, -0.15) is 0 Å². The number of likely N-dealkylation sites (N-methyl/N-ethyl adjacent to an activating group) is 1. The van der Waals surface area contributed by atoms with Crippen LogP contribution >= 0.6 is 0 Å². The highest BCUT2D eigenvalue weighted by Crippen LogP contribution is 2.42. The Labute approximate surface area is 313 Å². The van der Waals surface area contributed by atoms with Crippen LogP contribution in [-0.4, -0.2) is 115 Å². The minimum Gasteiger partial charge on any atom is -0.457 e. The van der Waals surface area contributed by atoms with E-state index in [4.69, 9.17) is 23.7 Å². The number of benzene rings is 1. The highest BCUT2D eigenvalue weighted by atomic mass is 16.7. The first-order chi connectivity index (χ1) is 24.7. The topological polar surface area (TPSA) is 167 Å². The predicted molar refractivity (Wildman–Crippen MR) is 195 cm³/mol. The number of esters is 1. The quantitative estimate of drug-likeness (QED) is 0.276. The molecule has 3 heterocycles. The van der Waals surface area contributed by atoms with E-state index in [9.17, 15) is 24.3 Å². The van der Waals surface area contributed by atoms with E-state index < -0.39 is 89.3 Å². The van der Waals surface area contributed by atoms with Gasteiger partial charge in [0.05, 0.1) is 23.9 Å². The lowest BCUT2D eigenvalue weighted by Gasteiger charge is -2.47. The Kier molecular flexibility index (Phi) is 13.4. The van der Waals surface area contributed by atoms with E-state index in [0.717, 1.165) is 5.56 Å². The van der Waals surface area contributed by atoms with E-state index in [1.54, 1.807) is 65.8 Å². The molecule has 4 unspecified atom stereocenters. The summed E-state index contributed by atoms with van der Waals surface area (Å²) >= 11 is 0. The van der Waals surface area contributed by atoms with Crippen LogP contribution in [0.4, 0.5) is 4.79 Å². The first kappa shape index (κ1) is 42.5. The third-order valence-electron chi connectivity index (χ3n) is 11.9. The number of Topliss-reactive ketones (excluding diaryl/α,β-unsaturated/α-hetero) is 3. The Hall–Kier alpha value is -3.23. The van der Waals surface area contributed by atoms with Crippen molar-refractivity contribution < 1.29 is 52.8 Å². The molecule has 0 aromatic heterocycles. The number of cyclic esters (lactones) is 1. The Morgan fingerprint density at radius 2 is 1.66 bits per heavy atom. The summed E-state index contributed by atoms with van der Waals surface area (Å²) < 4.78 is 30.9. The van der Waals surface area contributed by atoms with E-state index in [1.807, 2.05) is 32.0 Å². The van der Waals surface area contributed by atoms with Crippen molar-refractivity contribution in [2.75, 3.05) is 21.2 Å². The fourth-order valence-corrected chi connectivity index (χ4v) is 8.72. The molecule has 13 atom stereocenters. The number of hydrogen-bond donors (Lipinski definition) is 2. The van der Waals surface area contributed by atoms with Crippen LogP contribution in [0.5, 0.6) is 0 Å². The number of nitrogens with one attached hydrogen (secondary N) is 1. The molecule has 1 aromatic rings. The third-order valence-corrected chi connectivity index (χ3v) is 11.9. The fourth-order valence-electron chi connectivity index (χ4n) is 8.72. The second kappa shape index (κ2) is 16.6. The monoisotopic (exact) mass is 744 g/mol. The highest BCUT2D eigenvalue weighted by molar-refractivity contribution is 6.08. The Bertz CT molecular complexity index is 1500. The van der Waals surface area contributed by atoms with E-state index in [1.165, 1.54) is 14.0 Å². The van der Waals surface area contributed by atoms with Crippen molar-refractivity contribution in [1.29, 1.82) is 0 Å². The maximum Gasteiger partial charge on any atom is 0.408 e. The molecule has 3 aliphatic rings. The van der Waals surface area contributed by atoms with Gasteiger partial charge in [-0.1, -0.05) is 58.0 Å². The average molecular weight is 745 g/mol. The number of aliphatic hydroxyl groups excluding tert-OH is 1. The van der Waals surface area contributed by atoms with Crippen LogP contribution < -0.4 is 5.32 Å². The molecule has 0 radical (unpaired) electrons. The maximum absolute atomic E-state index is 15.1. The molecule has 13 heteroatoms. The van der Waals surface area contributed by atoms with Gasteiger partial charge in [0, 0.05) is 43.7 Å². The molecule has 0 aliphatic carbocycles. The van der Waals surface area contributed by atoms with Gasteiger partial charge in [-0.3, -0.25) is 19.2 Å². The average Bonchev–Trinajstić information content (AvgIpc) is 3.42. The third kappa shape index (κ3) is 8.69. The van der Waals surface area contributed by atoms with E-state index >= 15 is 4.79 Å². The van der Waals surface area contributed by atoms with Crippen LogP contribution in [-0.2, 0) is 49.3 Å². The van der Waals surface area contributed by atoms with Crippen LogP contribution in [0.25, 0.3) is 0 Å². The number of amides is 1. The Morgan fingerprint density at radius 1 is 1.02 bits per heavy atom. The number of aliphatic hydroxyl groups is 1. The molecule has 53 heavy (non-hydrogen) atoms. The number of carbonyl (C=O) groups excluding carboxylic acids is 5. The van der Waals surface area contributed by atoms with E-state index in [2.05, 4.69) is 5.32 Å². The molecule has 2 N–H and O–H groups in total. The van der Waals surface area contributed by atoms with Crippen molar-refractivity contribution in [2.45, 2.75) is 141 Å². The molecule has 1 amide bonds. The van der Waals surface area contributed by atoms with Crippen molar-refractivity contribution >= 4 is 29.4 Å². The van der Waals surface area contributed by atoms with Crippen LogP contribution in [0.2, 0.25) is 0 Å². The predicted octanol–water partition coefficient (Wildman–Crippen LogP) is 4.05. The SMILES string of the molecule is CC[C@@H]1OC(=O)C(C)(CC(=O)Cc2ccccc2)C(=O)[C@H](C)[C@@H](OC2O[C@H](C)C[C@H](N(C)C)[C@H]2O)[C@@](C)(OC)C[C@@H](C)C(=O)[C@@H](C)C2NC(=O)OC21C. The Balaban J connectivity index is 1.87. The first-order valence-corrected chi connectivity index (χ1v) is 18.8.